The summed E-state index contributed by atoms with van der Waals surface area (Å²) in [6, 6.07) is -0.688. The number of nitrogens with two attached hydrogens (primary N) is 1. The highest BCUT2D eigenvalue weighted by Crippen LogP contribution is 2.22. The van der Waals surface area contributed by atoms with Gasteiger partial charge < -0.3 is 20.6 Å². The molecule has 0 spiro atoms. The Bertz CT molecular complexity index is 363. The molecule has 0 radical (unpaired) electrons. The molecule has 1 heterocycles. The van der Waals surface area contributed by atoms with E-state index < -0.39 is 37.2 Å². The first-order valence-electron chi connectivity index (χ1n) is 6.25. The smallest absolute Gasteiger partial charge is 0.395 e. The summed E-state index contributed by atoms with van der Waals surface area (Å²) in [5, 5.41) is 8.78. The maximum absolute atomic E-state index is 12.4. The number of rotatable bonds is 4. The Morgan fingerprint density at radius 1 is 1.40 bits per heavy atom. The van der Waals surface area contributed by atoms with Crippen molar-refractivity contribution in [2.24, 2.45) is 11.7 Å². The highest BCUT2D eigenvalue weighted by atomic mass is 19.4. The molecule has 1 aliphatic heterocycles. The number of primary amides is 1. The SMILES string of the molecule is NC(=O)N1CCCC(C(=O)N(CCO)CC(F)(F)F)C1. The van der Waals surface area contributed by atoms with Gasteiger partial charge in [-0.05, 0) is 12.8 Å². The molecule has 1 atom stereocenters. The molecule has 0 aromatic carbocycles. The molecule has 6 nitrogen and oxygen atoms in total. The second-order valence-electron chi connectivity index (χ2n) is 4.72. The van der Waals surface area contributed by atoms with Crippen LogP contribution >= 0.6 is 0 Å². The van der Waals surface area contributed by atoms with Crippen LogP contribution < -0.4 is 5.73 Å². The van der Waals surface area contributed by atoms with Crippen LogP contribution in [0.4, 0.5) is 18.0 Å². The third-order valence-electron chi connectivity index (χ3n) is 3.13. The van der Waals surface area contributed by atoms with Gasteiger partial charge in [-0.25, -0.2) is 4.79 Å². The number of hydrogen-bond acceptors (Lipinski definition) is 3. The summed E-state index contributed by atoms with van der Waals surface area (Å²) in [7, 11) is 0. The van der Waals surface area contributed by atoms with E-state index in [0.29, 0.717) is 24.3 Å². The van der Waals surface area contributed by atoms with Crippen LogP contribution in [0.2, 0.25) is 0 Å². The molecule has 1 fully saturated rings. The van der Waals surface area contributed by atoms with Crippen LogP contribution in [0.1, 0.15) is 12.8 Å². The van der Waals surface area contributed by atoms with Crippen LogP contribution in [-0.4, -0.2) is 65.8 Å². The summed E-state index contributed by atoms with van der Waals surface area (Å²) < 4.78 is 37.2. The van der Waals surface area contributed by atoms with Gasteiger partial charge >= 0.3 is 12.2 Å². The lowest BCUT2D eigenvalue weighted by Gasteiger charge is -2.34. The lowest BCUT2D eigenvalue weighted by Crippen LogP contribution is -2.50. The predicted molar refractivity (Wildman–Crippen MR) is 63.6 cm³/mol. The molecule has 0 aliphatic carbocycles. The lowest BCUT2D eigenvalue weighted by atomic mass is 9.96. The molecule has 1 aliphatic rings. The van der Waals surface area contributed by atoms with Gasteiger partial charge in [0.15, 0.2) is 0 Å². The van der Waals surface area contributed by atoms with Crippen LogP contribution in [0.3, 0.4) is 0 Å². The van der Waals surface area contributed by atoms with Crippen molar-refractivity contribution in [2.45, 2.75) is 19.0 Å². The molecule has 3 N–H and O–H groups in total. The number of halogens is 3. The Kier molecular flexibility index (Phi) is 5.61. The third kappa shape index (κ3) is 4.87. The minimum Gasteiger partial charge on any atom is -0.395 e. The summed E-state index contributed by atoms with van der Waals surface area (Å²) in [6.45, 7) is -1.91. The Morgan fingerprint density at radius 2 is 2.05 bits per heavy atom. The Morgan fingerprint density at radius 3 is 2.55 bits per heavy atom. The van der Waals surface area contributed by atoms with E-state index in [1.165, 1.54) is 4.90 Å². The highest BCUT2D eigenvalue weighted by Gasteiger charge is 2.36. The zero-order valence-corrected chi connectivity index (χ0v) is 10.9. The van der Waals surface area contributed by atoms with Crippen molar-refractivity contribution in [2.75, 3.05) is 32.8 Å². The number of likely N-dealkylation sites (tertiary alicyclic amines) is 1. The number of piperidine rings is 1. The fourth-order valence-corrected chi connectivity index (χ4v) is 2.24. The molecule has 0 bridgehead atoms. The minimum absolute atomic E-state index is 0.0218. The zero-order valence-electron chi connectivity index (χ0n) is 10.9. The van der Waals surface area contributed by atoms with Gasteiger partial charge in [-0.3, -0.25) is 4.79 Å². The van der Waals surface area contributed by atoms with E-state index >= 15 is 0 Å². The van der Waals surface area contributed by atoms with Gasteiger partial charge in [-0.15, -0.1) is 0 Å². The van der Waals surface area contributed by atoms with E-state index in [1.807, 2.05) is 0 Å². The molecular formula is C11H18F3N3O3. The highest BCUT2D eigenvalue weighted by molar-refractivity contribution is 5.80. The largest absolute Gasteiger partial charge is 0.406 e. The number of urea groups is 1. The number of amides is 3. The van der Waals surface area contributed by atoms with E-state index in [4.69, 9.17) is 10.8 Å². The number of hydrogen-bond donors (Lipinski definition) is 2. The first-order valence-corrected chi connectivity index (χ1v) is 6.25. The van der Waals surface area contributed by atoms with Crippen LogP contribution in [0.25, 0.3) is 0 Å². The third-order valence-corrected chi connectivity index (χ3v) is 3.13. The predicted octanol–water partition coefficient (Wildman–Crippen LogP) is 0.160. The topological polar surface area (TPSA) is 86.9 Å². The molecule has 116 valence electrons. The van der Waals surface area contributed by atoms with Crippen molar-refractivity contribution in [3.05, 3.63) is 0 Å². The second kappa shape index (κ2) is 6.78. The van der Waals surface area contributed by atoms with Crippen LogP contribution in [0, 0.1) is 5.92 Å². The molecule has 0 aromatic rings. The van der Waals surface area contributed by atoms with Crippen molar-refractivity contribution < 1.29 is 27.9 Å². The average molecular weight is 297 g/mol. The molecule has 1 unspecified atom stereocenters. The van der Waals surface area contributed by atoms with E-state index in [9.17, 15) is 22.8 Å². The normalized spacial score (nSPS) is 19.8. The van der Waals surface area contributed by atoms with E-state index in [-0.39, 0.29) is 13.1 Å². The van der Waals surface area contributed by atoms with E-state index in [1.54, 1.807) is 0 Å². The average Bonchev–Trinajstić information content (AvgIpc) is 2.36. The fourth-order valence-electron chi connectivity index (χ4n) is 2.24. The summed E-state index contributed by atoms with van der Waals surface area (Å²) in [6.07, 6.45) is -3.61. The summed E-state index contributed by atoms with van der Waals surface area (Å²) in [5.41, 5.74) is 5.11. The Hall–Kier alpha value is -1.51. The number of aliphatic hydroxyl groups is 1. The lowest BCUT2D eigenvalue weighted by molar-refractivity contribution is -0.165. The molecule has 9 heteroatoms. The monoisotopic (exact) mass is 297 g/mol. The second-order valence-corrected chi connectivity index (χ2v) is 4.72. The van der Waals surface area contributed by atoms with Crippen molar-refractivity contribution in [3.8, 4) is 0 Å². The van der Waals surface area contributed by atoms with Gasteiger partial charge in [-0.1, -0.05) is 0 Å². The number of aliphatic hydroxyl groups excluding tert-OH is 1. The van der Waals surface area contributed by atoms with E-state index in [0.717, 1.165) is 0 Å². The standard InChI is InChI=1S/C11H18F3N3O3/c12-11(13,14)7-17(4-5-18)9(19)8-2-1-3-16(6-8)10(15)20/h8,18H,1-7H2,(H2,15,20). The maximum atomic E-state index is 12.4. The van der Waals surface area contributed by atoms with Crippen molar-refractivity contribution in [3.63, 3.8) is 0 Å². The van der Waals surface area contributed by atoms with Gasteiger partial charge in [0.2, 0.25) is 5.91 Å². The summed E-state index contributed by atoms with van der Waals surface area (Å²) in [5.74, 6) is -1.41. The molecule has 1 saturated heterocycles. The quantitative estimate of drug-likeness (QED) is 0.775. The van der Waals surface area contributed by atoms with Crippen molar-refractivity contribution in [1.29, 1.82) is 0 Å². The number of alkyl halides is 3. The first kappa shape index (κ1) is 16.5. The van der Waals surface area contributed by atoms with Crippen LogP contribution in [0.15, 0.2) is 0 Å². The van der Waals surface area contributed by atoms with Crippen LogP contribution in [-0.2, 0) is 4.79 Å². The van der Waals surface area contributed by atoms with Gasteiger partial charge in [0.05, 0.1) is 12.5 Å². The molecule has 3 amide bonds. The zero-order chi connectivity index (χ0) is 15.3. The Labute approximate surface area is 114 Å². The molecular weight excluding hydrogens is 279 g/mol. The fraction of sp³-hybridized carbons (Fsp3) is 0.818. The van der Waals surface area contributed by atoms with Gasteiger partial charge in [0.25, 0.3) is 0 Å². The number of carbonyl (C=O) groups excluding carboxylic acids is 2. The minimum atomic E-state index is -4.52. The first-order chi connectivity index (χ1) is 9.24. The van der Waals surface area contributed by atoms with Gasteiger partial charge in [0.1, 0.15) is 6.54 Å². The molecule has 20 heavy (non-hydrogen) atoms. The van der Waals surface area contributed by atoms with E-state index in [2.05, 4.69) is 0 Å². The van der Waals surface area contributed by atoms with Gasteiger partial charge in [0, 0.05) is 19.6 Å². The van der Waals surface area contributed by atoms with Gasteiger partial charge in [-0.2, -0.15) is 13.2 Å². The number of carbonyl (C=O) groups is 2. The number of nitrogens with zero attached hydrogens (tertiary/aromatic N) is 2. The summed E-state index contributed by atoms with van der Waals surface area (Å²) >= 11 is 0. The maximum Gasteiger partial charge on any atom is 0.406 e. The molecule has 0 aromatic heterocycles. The Balaban J connectivity index is 2.70. The molecule has 1 rings (SSSR count). The van der Waals surface area contributed by atoms with Crippen LogP contribution in [0.5, 0.6) is 0 Å². The van der Waals surface area contributed by atoms with Crippen molar-refractivity contribution in [1.82, 2.24) is 9.80 Å². The molecule has 0 saturated carbocycles. The van der Waals surface area contributed by atoms with Crippen molar-refractivity contribution >= 4 is 11.9 Å². The summed E-state index contributed by atoms with van der Waals surface area (Å²) in [4.78, 5) is 24.9.